The van der Waals surface area contributed by atoms with E-state index in [-0.39, 0.29) is 11.9 Å². The summed E-state index contributed by atoms with van der Waals surface area (Å²) in [5, 5.41) is 7.33. The van der Waals surface area contributed by atoms with Gasteiger partial charge in [0, 0.05) is 21.9 Å². The van der Waals surface area contributed by atoms with Gasteiger partial charge in [0.25, 0.3) is 0 Å². The third-order valence-corrected chi connectivity index (χ3v) is 5.47. The maximum absolute atomic E-state index is 12.3. The summed E-state index contributed by atoms with van der Waals surface area (Å²) in [6.07, 6.45) is 1.75. The van der Waals surface area contributed by atoms with Crippen LogP contribution in [0.15, 0.2) is 27.3 Å². The summed E-state index contributed by atoms with van der Waals surface area (Å²) in [5.41, 5.74) is 2.28. The molecule has 1 aromatic carbocycles. The molecule has 0 aliphatic heterocycles. The predicted molar refractivity (Wildman–Crippen MR) is 103 cm³/mol. The van der Waals surface area contributed by atoms with E-state index in [9.17, 15) is 4.79 Å². The Balaban J connectivity index is 2.03. The molecule has 0 spiro atoms. The highest BCUT2D eigenvalue weighted by atomic mass is 79.9. The van der Waals surface area contributed by atoms with Crippen LogP contribution < -0.4 is 10.6 Å². The molecule has 2 atom stereocenters. The molecule has 4 nitrogen and oxygen atoms in total. The van der Waals surface area contributed by atoms with Gasteiger partial charge in [-0.3, -0.25) is 4.79 Å². The van der Waals surface area contributed by atoms with Crippen LogP contribution >= 0.6 is 31.9 Å². The lowest BCUT2D eigenvalue weighted by Gasteiger charge is -2.21. The van der Waals surface area contributed by atoms with Crippen molar-refractivity contribution in [2.45, 2.75) is 32.7 Å². The second-order valence-corrected chi connectivity index (χ2v) is 7.51. The number of aromatic nitrogens is 1. The molecule has 1 heterocycles. The van der Waals surface area contributed by atoms with Gasteiger partial charge in [0.2, 0.25) is 5.91 Å². The van der Waals surface area contributed by atoms with E-state index < -0.39 is 0 Å². The number of nitrogens with one attached hydrogen (secondary N) is 3. The fourth-order valence-electron chi connectivity index (χ4n) is 2.76. The van der Waals surface area contributed by atoms with E-state index in [0.717, 1.165) is 27.4 Å². The van der Waals surface area contributed by atoms with Crippen molar-refractivity contribution >= 4 is 48.7 Å². The minimum absolute atomic E-state index is 0.0685. The van der Waals surface area contributed by atoms with Crippen LogP contribution in [0.4, 0.5) is 0 Å². The second-order valence-electron chi connectivity index (χ2n) is 5.80. The zero-order chi connectivity index (χ0) is 17.0. The Morgan fingerprint density at radius 1 is 1.35 bits per heavy atom. The molecule has 0 radical (unpaired) electrons. The Hall–Kier alpha value is -0.850. The Kier molecular flexibility index (Phi) is 6.68. The monoisotopic (exact) mass is 443 g/mol. The first-order valence-corrected chi connectivity index (χ1v) is 9.47. The highest BCUT2D eigenvalue weighted by molar-refractivity contribution is 9.10. The van der Waals surface area contributed by atoms with E-state index in [2.05, 4.69) is 67.4 Å². The summed E-state index contributed by atoms with van der Waals surface area (Å²) in [6, 6.07) is 6.02. The molecule has 0 aliphatic carbocycles. The molecule has 6 heteroatoms. The number of benzene rings is 1. The molecular formula is C17H23Br2N3O. The first-order chi connectivity index (χ1) is 11.0. The maximum Gasteiger partial charge on any atom is 0.237 e. The van der Waals surface area contributed by atoms with Crippen molar-refractivity contribution in [3.63, 3.8) is 0 Å². The molecule has 0 saturated carbocycles. The highest BCUT2D eigenvalue weighted by Gasteiger charge is 2.21. The molecule has 2 aromatic rings. The topological polar surface area (TPSA) is 56.9 Å². The summed E-state index contributed by atoms with van der Waals surface area (Å²) >= 11 is 7.09. The molecule has 0 saturated heterocycles. The SMILES string of the molecule is CC[C@@H](C)[C@H](NC)C(=O)NCCc1c(Br)[nH]c2ccc(Br)cc12. The van der Waals surface area contributed by atoms with Crippen molar-refractivity contribution in [2.24, 2.45) is 5.92 Å². The smallest absolute Gasteiger partial charge is 0.237 e. The number of amides is 1. The number of carbonyl (C=O) groups is 1. The third-order valence-electron chi connectivity index (χ3n) is 4.30. The van der Waals surface area contributed by atoms with Gasteiger partial charge in [-0.25, -0.2) is 0 Å². The summed E-state index contributed by atoms with van der Waals surface area (Å²) < 4.78 is 2.03. The van der Waals surface area contributed by atoms with Crippen molar-refractivity contribution in [1.29, 1.82) is 0 Å². The van der Waals surface area contributed by atoms with Crippen LogP contribution in [0.25, 0.3) is 10.9 Å². The van der Waals surface area contributed by atoms with Gasteiger partial charge >= 0.3 is 0 Å². The van der Waals surface area contributed by atoms with Gasteiger partial charge in [0.15, 0.2) is 0 Å². The van der Waals surface area contributed by atoms with Gasteiger partial charge in [-0.05, 0) is 59.1 Å². The molecule has 0 aliphatic rings. The molecule has 0 unspecified atom stereocenters. The first kappa shape index (κ1) is 18.5. The molecule has 23 heavy (non-hydrogen) atoms. The first-order valence-electron chi connectivity index (χ1n) is 7.88. The number of hydrogen-bond donors (Lipinski definition) is 3. The van der Waals surface area contributed by atoms with Gasteiger partial charge in [0.1, 0.15) is 0 Å². The number of halogens is 2. The van der Waals surface area contributed by atoms with Crippen LogP contribution in [-0.2, 0) is 11.2 Å². The second kappa shape index (κ2) is 8.31. The van der Waals surface area contributed by atoms with E-state index in [1.54, 1.807) is 0 Å². The zero-order valence-corrected chi connectivity index (χ0v) is 16.8. The van der Waals surface area contributed by atoms with Crippen LogP contribution in [0.3, 0.4) is 0 Å². The minimum atomic E-state index is -0.138. The molecule has 0 fully saturated rings. The standard InChI is InChI=1S/C17H23Br2N3O/c1-4-10(2)15(20-3)17(23)21-8-7-12-13-9-11(18)5-6-14(13)22-16(12)19/h5-6,9-10,15,20,22H,4,7-8H2,1-3H3,(H,21,23)/t10-,15+/m1/s1. The fourth-order valence-corrected chi connectivity index (χ4v) is 3.75. The average molecular weight is 445 g/mol. The molecule has 2 rings (SSSR count). The van der Waals surface area contributed by atoms with E-state index in [1.807, 2.05) is 19.2 Å². The number of fused-ring (bicyclic) bond motifs is 1. The van der Waals surface area contributed by atoms with Gasteiger partial charge < -0.3 is 15.6 Å². The lowest BCUT2D eigenvalue weighted by molar-refractivity contribution is -0.124. The molecular weight excluding hydrogens is 422 g/mol. The number of rotatable bonds is 7. The molecule has 1 aromatic heterocycles. The zero-order valence-electron chi connectivity index (χ0n) is 13.7. The van der Waals surface area contributed by atoms with Crippen LogP contribution in [-0.4, -0.2) is 30.5 Å². The van der Waals surface area contributed by atoms with Crippen LogP contribution in [0.2, 0.25) is 0 Å². The molecule has 126 valence electrons. The molecule has 1 amide bonds. The summed E-state index contributed by atoms with van der Waals surface area (Å²) in [5.74, 6) is 0.384. The lowest BCUT2D eigenvalue weighted by Crippen LogP contribution is -2.46. The van der Waals surface area contributed by atoms with Crippen molar-refractivity contribution in [1.82, 2.24) is 15.6 Å². The normalized spacial score (nSPS) is 14.0. The van der Waals surface area contributed by atoms with Crippen molar-refractivity contribution in [2.75, 3.05) is 13.6 Å². The van der Waals surface area contributed by atoms with Gasteiger partial charge in [-0.2, -0.15) is 0 Å². The number of hydrogen-bond acceptors (Lipinski definition) is 2. The van der Waals surface area contributed by atoms with Crippen molar-refractivity contribution in [3.05, 3.63) is 32.8 Å². The Morgan fingerprint density at radius 3 is 2.74 bits per heavy atom. The van der Waals surface area contributed by atoms with Crippen molar-refractivity contribution < 1.29 is 4.79 Å². The third kappa shape index (κ3) is 4.37. The van der Waals surface area contributed by atoms with E-state index in [4.69, 9.17) is 0 Å². The predicted octanol–water partition coefficient (Wildman–Crippen LogP) is 3.99. The molecule has 0 bridgehead atoms. The van der Waals surface area contributed by atoms with Gasteiger partial charge in [-0.15, -0.1) is 0 Å². The number of H-pyrrole nitrogens is 1. The Morgan fingerprint density at radius 2 is 2.09 bits per heavy atom. The minimum Gasteiger partial charge on any atom is -0.354 e. The quantitative estimate of drug-likeness (QED) is 0.604. The largest absolute Gasteiger partial charge is 0.354 e. The summed E-state index contributed by atoms with van der Waals surface area (Å²) in [7, 11) is 1.84. The highest BCUT2D eigenvalue weighted by Crippen LogP contribution is 2.29. The number of likely N-dealkylation sites (N-methyl/N-ethyl adjacent to an activating group) is 1. The van der Waals surface area contributed by atoms with Gasteiger partial charge in [-0.1, -0.05) is 36.2 Å². The number of carbonyl (C=O) groups excluding carboxylic acids is 1. The summed E-state index contributed by atoms with van der Waals surface area (Å²) in [6.45, 7) is 4.81. The van der Waals surface area contributed by atoms with Crippen LogP contribution in [0.1, 0.15) is 25.8 Å². The van der Waals surface area contributed by atoms with E-state index in [0.29, 0.717) is 12.5 Å². The van der Waals surface area contributed by atoms with Crippen LogP contribution in [0, 0.1) is 5.92 Å². The number of aromatic amines is 1. The Bertz CT molecular complexity index is 684. The lowest BCUT2D eigenvalue weighted by atomic mass is 9.98. The Labute approximate surface area is 154 Å². The summed E-state index contributed by atoms with van der Waals surface area (Å²) in [4.78, 5) is 15.6. The van der Waals surface area contributed by atoms with Crippen LogP contribution in [0.5, 0.6) is 0 Å². The molecule has 3 N–H and O–H groups in total. The van der Waals surface area contributed by atoms with E-state index in [1.165, 1.54) is 10.9 Å². The van der Waals surface area contributed by atoms with Crippen molar-refractivity contribution in [3.8, 4) is 0 Å². The maximum atomic E-state index is 12.3. The fraction of sp³-hybridized carbons (Fsp3) is 0.471. The average Bonchev–Trinajstić information content (AvgIpc) is 2.83. The van der Waals surface area contributed by atoms with E-state index >= 15 is 0 Å². The van der Waals surface area contributed by atoms with Gasteiger partial charge in [0.05, 0.1) is 10.6 Å².